The number of hydrogen-bond donors (Lipinski definition) is 2. The largest absolute Gasteiger partial charge is 0.481 e. The number of hydrogen-bond acceptors (Lipinski definition) is 5. The molecule has 0 spiro atoms. The van der Waals surface area contributed by atoms with E-state index in [0.717, 1.165) is 12.8 Å². The summed E-state index contributed by atoms with van der Waals surface area (Å²) in [4.78, 5) is 18.6. The SMILES string of the molecule is CCCOc1cncc(NCCCCC(=O)O)n1. The Bertz CT molecular complexity index is 371. The molecule has 1 rings (SSSR count). The lowest BCUT2D eigenvalue weighted by Gasteiger charge is -2.07. The van der Waals surface area contributed by atoms with Crippen LogP contribution in [0.1, 0.15) is 32.6 Å². The quantitative estimate of drug-likeness (QED) is 0.654. The lowest BCUT2D eigenvalue weighted by molar-refractivity contribution is -0.137. The molecule has 1 aromatic heterocycles. The number of carboxylic acids is 1. The van der Waals surface area contributed by atoms with E-state index in [1.165, 1.54) is 0 Å². The van der Waals surface area contributed by atoms with E-state index in [1.807, 2.05) is 6.92 Å². The van der Waals surface area contributed by atoms with Gasteiger partial charge < -0.3 is 15.2 Å². The molecule has 0 atom stereocenters. The molecule has 0 aliphatic rings. The third-order valence-corrected chi connectivity index (χ3v) is 2.19. The van der Waals surface area contributed by atoms with E-state index in [1.54, 1.807) is 12.4 Å². The Morgan fingerprint density at radius 1 is 1.44 bits per heavy atom. The van der Waals surface area contributed by atoms with Gasteiger partial charge >= 0.3 is 5.97 Å². The smallest absolute Gasteiger partial charge is 0.303 e. The van der Waals surface area contributed by atoms with Crippen molar-refractivity contribution in [3.8, 4) is 5.88 Å². The van der Waals surface area contributed by atoms with E-state index in [0.29, 0.717) is 31.3 Å². The summed E-state index contributed by atoms with van der Waals surface area (Å²) in [6.45, 7) is 3.33. The molecule has 0 aliphatic heterocycles. The number of aromatic nitrogens is 2. The van der Waals surface area contributed by atoms with E-state index in [-0.39, 0.29) is 6.42 Å². The molecule has 0 saturated heterocycles. The highest BCUT2D eigenvalue weighted by Gasteiger charge is 2.00. The maximum Gasteiger partial charge on any atom is 0.303 e. The van der Waals surface area contributed by atoms with Crippen molar-refractivity contribution in [1.82, 2.24) is 9.97 Å². The van der Waals surface area contributed by atoms with Crippen LogP contribution in [0.2, 0.25) is 0 Å². The molecule has 0 unspecified atom stereocenters. The molecule has 0 amide bonds. The molecule has 2 N–H and O–H groups in total. The van der Waals surface area contributed by atoms with E-state index in [2.05, 4.69) is 15.3 Å². The van der Waals surface area contributed by atoms with Gasteiger partial charge in [0.2, 0.25) is 5.88 Å². The third kappa shape index (κ3) is 6.03. The molecule has 0 aliphatic carbocycles. The number of aliphatic carboxylic acids is 1. The Balaban J connectivity index is 2.26. The summed E-state index contributed by atoms with van der Waals surface area (Å²) >= 11 is 0. The minimum atomic E-state index is -0.759. The fourth-order valence-corrected chi connectivity index (χ4v) is 1.33. The predicted octanol–water partition coefficient (Wildman–Crippen LogP) is 1.93. The van der Waals surface area contributed by atoms with Gasteiger partial charge in [-0.1, -0.05) is 6.92 Å². The van der Waals surface area contributed by atoms with Crippen molar-refractivity contribution in [1.29, 1.82) is 0 Å². The number of anilines is 1. The van der Waals surface area contributed by atoms with E-state index in [4.69, 9.17) is 9.84 Å². The molecular formula is C12H19N3O3. The molecule has 6 heteroatoms. The van der Waals surface area contributed by atoms with Gasteiger partial charge in [0.05, 0.1) is 19.0 Å². The Labute approximate surface area is 106 Å². The Morgan fingerprint density at radius 3 is 3.00 bits per heavy atom. The van der Waals surface area contributed by atoms with Crippen LogP contribution in [0.25, 0.3) is 0 Å². The molecule has 18 heavy (non-hydrogen) atoms. The van der Waals surface area contributed by atoms with Gasteiger partial charge in [0.15, 0.2) is 0 Å². The Morgan fingerprint density at radius 2 is 2.28 bits per heavy atom. The maximum atomic E-state index is 10.3. The number of unbranched alkanes of at least 4 members (excludes halogenated alkanes) is 1. The van der Waals surface area contributed by atoms with Gasteiger partial charge in [-0.05, 0) is 19.3 Å². The monoisotopic (exact) mass is 253 g/mol. The van der Waals surface area contributed by atoms with Crippen LogP contribution in [0.4, 0.5) is 5.82 Å². The first kappa shape index (κ1) is 14.2. The topological polar surface area (TPSA) is 84.3 Å². The van der Waals surface area contributed by atoms with Crippen LogP contribution in [0.5, 0.6) is 5.88 Å². The fraction of sp³-hybridized carbons (Fsp3) is 0.583. The van der Waals surface area contributed by atoms with E-state index < -0.39 is 5.97 Å². The molecular weight excluding hydrogens is 234 g/mol. The van der Waals surface area contributed by atoms with E-state index in [9.17, 15) is 4.79 Å². The number of carboxylic acid groups (broad SMARTS) is 1. The van der Waals surface area contributed by atoms with Gasteiger partial charge in [0.25, 0.3) is 0 Å². The Hall–Kier alpha value is -1.85. The zero-order chi connectivity index (χ0) is 13.2. The average Bonchev–Trinajstić information content (AvgIpc) is 2.36. The van der Waals surface area contributed by atoms with Crippen molar-refractivity contribution < 1.29 is 14.6 Å². The van der Waals surface area contributed by atoms with Crippen molar-refractivity contribution in [2.24, 2.45) is 0 Å². The lowest BCUT2D eigenvalue weighted by Crippen LogP contribution is -2.06. The molecule has 100 valence electrons. The van der Waals surface area contributed by atoms with Crippen molar-refractivity contribution in [3.63, 3.8) is 0 Å². The summed E-state index contributed by atoms with van der Waals surface area (Å²) in [7, 11) is 0. The molecule has 1 heterocycles. The second-order valence-electron chi connectivity index (χ2n) is 3.87. The van der Waals surface area contributed by atoms with Crippen molar-refractivity contribution in [3.05, 3.63) is 12.4 Å². The van der Waals surface area contributed by atoms with E-state index >= 15 is 0 Å². The van der Waals surface area contributed by atoms with Crippen LogP contribution in [-0.2, 0) is 4.79 Å². The summed E-state index contributed by atoms with van der Waals surface area (Å²) in [6.07, 6.45) is 5.76. The van der Waals surface area contributed by atoms with Crippen molar-refractivity contribution >= 4 is 11.8 Å². The summed E-state index contributed by atoms with van der Waals surface area (Å²) in [5, 5.41) is 11.6. The molecule has 1 aromatic rings. The van der Waals surface area contributed by atoms with Crippen LogP contribution in [0, 0.1) is 0 Å². The van der Waals surface area contributed by atoms with Gasteiger partial charge in [-0.15, -0.1) is 0 Å². The normalized spacial score (nSPS) is 10.1. The summed E-state index contributed by atoms with van der Waals surface area (Å²) in [5.74, 6) is 0.399. The van der Waals surface area contributed by atoms with Crippen molar-refractivity contribution in [2.75, 3.05) is 18.5 Å². The van der Waals surface area contributed by atoms with Crippen LogP contribution < -0.4 is 10.1 Å². The molecule has 0 saturated carbocycles. The number of carbonyl (C=O) groups is 1. The average molecular weight is 253 g/mol. The summed E-state index contributed by atoms with van der Waals surface area (Å²) < 4.78 is 5.36. The van der Waals surface area contributed by atoms with Crippen LogP contribution in [-0.4, -0.2) is 34.2 Å². The highest BCUT2D eigenvalue weighted by atomic mass is 16.5. The first-order chi connectivity index (χ1) is 8.72. The molecule has 6 nitrogen and oxygen atoms in total. The zero-order valence-electron chi connectivity index (χ0n) is 10.6. The van der Waals surface area contributed by atoms with Crippen LogP contribution in [0.15, 0.2) is 12.4 Å². The predicted molar refractivity (Wildman–Crippen MR) is 67.8 cm³/mol. The van der Waals surface area contributed by atoms with Gasteiger partial charge in [-0.2, -0.15) is 4.98 Å². The maximum absolute atomic E-state index is 10.3. The molecule has 0 radical (unpaired) electrons. The van der Waals surface area contributed by atoms with Crippen molar-refractivity contribution in [2.45, 2.75) is 32.6 Å². The zero-order valence-corrected chi connectivity index (χ0v) is 10.6. The van der Waals surface area contributed by atoms with Crippen LogP contribution >= 0.6 is 0 Å². The van der Waals surface area contributed by atoms with Gasteiger partial charge in [-0.3, -0.25) is 9.78 Å². The minimum absolute atomic E-state index is 0.201. The first-order valence-corrected chi connectivity index (χ1v) is 6.13. The molecule has 0 aromatic carbocycles. The van der Waals surface area contributed by atoms with Gasteiger partial charge in [-0.25, -0.2) is 0 Å². The third-order valence-electron chi connectivity index (χ3n) is 2.19. The molecule has 0 fully saturated rings. The second-order valence-corrected chi connectivity index (χ2v) is 3.87. The lowest BCUT2D eigenvalue weighted by atomic mass is 10.2. The van der Waals surface area contributed by atoms with Gasteiger partial charge in [0.1, 0.15) is 5.82 Å². The minimum Gasteiger partial charge on any atom is -0.481 e. The highest BCUT2D eigenvalue weighted by Crippen LogP contribution is 2.09. The number of nitrogens with one attached hydrogen (secondary N) is 1. The number of rotatable bonds is 9. The fourth-order valence-electron chi connectivity index (χ4n) is 1.33. The van der Waals surface area contributed by atoms with Gasteiger partial charge in [0, 0.05) is 13.0 Å². The Kier molecular flexibility index (Phi) is 6.53. The number of nitrogens with zero attached hydrogens (tertiary/aromatic N) is 2. The second kappa shape index (κ2) is 8.27. The molecule has 0 bridgehead atoms. The number of ether oxygens (including phenoxy) is 1. The summed E-state index contributed by atoms with van der Waals surface area (Å²) in [6, 6.07) is 0. The highest BCUT2D eigenvalue weighted by molar-refractivity contribution is 5.66. The van der Waals surface area contributed by atoms with Crippen LogP contribution in [0.3, 0.4) is 0 Å². The summed E-state index contributed by atoms with van der Waals surface area (Å²) in [5.41, 5.74) is 0. The standard InChI is InChI=1S/C12H19N3O3/c1-2-7-18-11-9-13-8-10(15-11)14-6-4-3-5-12(16)17/h8-9H,2-7H2,1H3,(H,14,15)(H,16,17). The first-order valence-electron chi connectivity index (χ1n) is 6.13.